The zero-order chi connectivity index (χ0) is 17.1. The molecule has 0 bridgehead atoms. The van der Waals surface area contributed by atoms with Crippen LogP contribution in [0.3, 0.4) is 0 Å². The summed E-state index contributed by atoms with van der Waals surface area (Å²) < 4.78 is 1.02. The lowest BCUT2D eigenvalue weighted by atomic mass is 10.1. The molecule has 0 atom stereocenters. The average Bonchev–Trinajstić information content (AvgIpc) is 3.02. The fourth-order valence-electron chi connectivity index (χ4n) is 2.29. The van der Waals surface area contributed by atoms with E-state index in [1.807, 2.05) is 42.6 Å². The largest absolute Gasteiger partial charge is 0.356 e. The third-order valence-electron chi connectivity index (χ3n) is 3.40. The molecule has 3 aromatic rings. The van der Waals surface area contributed by atoms with Crippen molar-refractivity contribution < 1.29 is 4.79 Å². The Labute approximate surface area is 146 Å². The summed E-state index contributed by atoms with van der Waals surface area (Å²) in [6.07, 6.45) is 0. The van der Waals surface area contributed by atoms with E-state index in [1.54, 1.807) is 0 Å². The molecule has 0 aliphatic heterocycles. The van der Waals surface area contributed by atoms with Gasteiger partial charge in [-0.3, -0.25) is 9.59 Å². The van der Waals surface area contributed by atoms with Crippen molar-refractivity contribution in [3.8, 4) is 11.1 Å². The summed E-state index contributed by atoms with van der Waals surface area (Å²) >= 11 is 2.55. The molecule has 0 aliphatic rings. The highest BCUT2D eigenvalue weighted by atomic mass is 32.2. The number of nitrogens with zero attached hydrogens (tertiary/aromatic N) is 2. The topological polar surface area (TPSA) is 90.0 Å². The van der Waals surface area contributed by atoms with E-state index in [0.29, 0.717) is 21.9 Å². The van der Waals surface area contributed by atoms with Crippen molar-refractivity contribution in [3.05, 3.63) is 46.1 Å². The molecular formula is C16H16N4O2S2. The number of nitrogen functional groups attached to an aromatic ring is 1. The minimum Gasteiger partial charge on any atom is -0.356 e. The zero-order valence-corrected chi connectivity index (χ0v) is 14.6. The number of rotatable bonds is 5. The molecule has 0 radical (unpaired) electrons. The molecule has 6 nitrogen and oxygen atoms in total. The van der Waals surface area contributed by atoms with E-state index in [2.05, 4.69) is 10.3 Å². The lowest BCUT2D eigenvalue weighted by Gasteiger charge is -2.07. The first-order valence-electron chi connectivity index (χ1n) is 7.36. The number of hydrogen-bond donors (Lipinski definition) is 2. The number of benzene rings is 1. The Morgan fingerprint density at radius 2 is 2.12 bits per heavy atom. The van der Waals surface area contributed by atoms with Crippen molar-refractivity contribution in [2.24, 2.45) is 0 Å². The maximum atomic E-state index is 12.7. The molecular weight excluding hydrogens is 344 g/mol. The van der Waals surface area contributed by atoms with Gasteiger partial charge in [-0.05, 0) is 12.5 Å². The molecule has 1 aromatic carbocycles. The van der Waals surface area contributed by atoms with Crippen LogP contribution in [0.2, 0.25) is 0 Å². The van der Waals surface area contributed by atoms with E-state index < -0.39 is 0 Å². The summed E-state index contributed by atoms with van der Waals surface area (Å²) in [4.78, 5) is 29.3. The summed E-state index contributed by atoms with van der Waals surface area (Å²) in [6.45, 7) is 2.41. The van der Waals surface area contributed by atoms with Gasteiger partial charge in [0.2, 0.25) is 5.91 Å². The van der Waals surface area contributed by atoms with E-state index in [9.17, 15) is 9.59 Å². The fourth-order valence-corrected chi connectivity index (χ4v) is 4.03. The molecule has 0 unspecified atom stereocenters. The molecule has 0 fully saturated rings. The van der Waals surface area contributed by atoms with E-state index in [1.165, 1.54) is 11.3 Å². The van der Waals surface area contributed by atoms with Gasteiger partial charge in [-0.2, -0.15) is 0 Å². The minimum atomic E-state index is -0.307. The van der Waals surface area contributed by atoms with Crippen molar-refractivity contribution in [2.75, 3.05) is 18.1 Å². The van der Waals surface area contributed by atoms with E-state index in [0.717, 1.165) is 27.6 Å². The predicted octanol–water partition coefficient (Wildman–Crippen LogP) is 2.07. The van der Waals surface area contributed by atoms with Gasteiger partial charge in [0.05, 0.1) is 11.1 Å². The second-order valence-corrected chi connectivity index (χ2v) is 6.81. The van der Waals surface area contributed by atoms with Gasteiger partial charge in [-0.25, -0.2) is 9.66 Å². The fraction of sp³-hybridized carbons (Fsp3) is 0.188. The first kappa shape index (κ1) is 16.5. The Kier molecular flexibility index (Phi) is 4.86. The summed E-state index contributed by atoms with van der Waals surface area (Å²) in [6, 6.07) is 9.65. The Morgan fingerprint density at radius 3 is 2.83 bits per heavy atom. The van der Waals surface area contributed by atoms with Gasteiger partial charge in [0.1, 0.15) is 4.83 Å². The monoisotopic (exact) mass is 360 g/mol. The molecule has 8 heteroatoms. The van der Waals surface area contributed by atoms with Gasteiger partial charge >= 0.3 is 0 Å². The smallest absolute Gasteiger partial charge is 0.282 e. The number of nitrogens with one attached hydrogen (secondary N) is 1. The Bertz CT molecular complexity index is 934. The van der Waals surface area contributed by atoms with Crippen LogP contribution in [0.5, 0.6) is 0 Å². The second kappa shape index (κ2) is 7.06. The molecule has 0 saturated carbocycles. The molecule has 0 spiro atoms. The van der Waals surface area contributed by atoms with Gasteiger partial charge < -0.3 is 11.2 Å². The summed E-state index contributed by atoms with van der Waals surface area (Å²) in [5.41, 5.74) is 1.47. The molecule has 0 aliphatic carbocycles. The van der Waals surface area contributed by atoms with Gasteiger partial charge in [0.15, 0.2) is 5.16 Å². The standard InChI is InChI=1S/C16H16N4O2S2/c1-2-18-12(21)9-24-16-19-14-13(15(22)20(16)17)11(8-23-14)10-6-4-3-5-7-10/h3-8H,2,9,17H2,1H3,(H,18,21). The van der Waals surface area contributed by atoms with Crippen LogP contribution >= 0.6 is 23.1 Å². The number of fused-ring (bicyclic) bond motifs is 1. The molecule has 0 saturated heterocycles. The summed E-state index contributed by atoms with van der Waals surface area (Å²) in [5.74, 6) is 5.96. The van der Waals surface area contributed by atoms with Crippen LogP contribution in [0.1, 0.15) is 6.92 Å². The van der Waals surface area contributed by atoms with Gasteiger partial charge in [-0.15, -0.1) is 11.3 Å². The molecule has 1 amide bonds. The number of amides is 1. The maximum absolute atomic E-state index is 12.7. The first-order valence-corrected chi connectivity index (χ1v) is 9.22. The molecule has 124 valence electrons. The van der Waals surface area contributed by atoms with Crippen molar-refractivity contribution in [2.45, 2.75) is 12.1 Å². The quantitative estimate of drug-likeness (QED) is 0.413. The van der Waals surface area contributed by atoms with Crippen molar-refractivity contribution >= 4 is 39.2 Å². The lowest BCUT2D eigenvalue weighted by molar-refractivity contribution is -0.118. The van der Waals surface area contributed by atoms with Crippen molar-refractivity contribution in [3.63, 3.8) is 0 Å². The third-order valence-corrected chi connectivity index (χ3v) is 5.22. The van der Waals surface area contributed by atoms with Crippen LogP contribution in [0.4, 0.5) is 0 Å². The van der Waals surface area contributed by atoms with Gasteiger partial charge in [-0.1, -0.05) is 42.1 Å². The predicted molar refractivity (Wildman–Crippen MR) is 98.9 cm³/mol. The molecule has 2 heterocycles. The number of aromatic nitrogens is 2. The van der Waals surface area contributed by atoms with E-state index >= 15 is 0 Å². The number of nitrogens with two attached hydrogens (primary N) is 1. The van der Waals surface area contributed by atoms with Crippen LogP contribution in [-0.4, -0.2) is 27.9 Å². The summed E-state index contributed by atoms with van der Waals surface area (Å²) in [7, 11) is 0. The summed E-state index contributed by atoms with van der Waals surface area (Å²) in [5, 5.41) is 5.45. The SMILES string of the molecule is CCNC(=O)CSc1nc2scc(-c3ccccc3)c2c(=O)n1N. The lowest BCUT2D eigenvalue weighted by Crippen LogP contribution is -2.30. The van der Waals surface area contributed by atoms with Crippen LogP contribution in [0, 0.1) is 0 Å². The van der Waals surface area contributed by atoms with Gasteiger partial charge in [0.25, 0.3) is 5.56 Å². The molecule has 3 N–H and O–H groups in total. The van der Waals surface area contributed by atoms with Crippen LogP contribution in [-0.2, 0) is 4.79 Å². The first-order chi connectivity index (χ1) is 11.6. The van der Waals surface area contributed by atoms with Crippen LogP contribution in [0.15, 0.2) is 45.7 Å². The Morgan fingerprint density at radius 1 is 1.38 bits per heavy atom. The van der Waals surface area contributed by atoms with E-state index in [4.69, 9.17) is 5.84 Å². The number of hydrogen-bond acceptors (Lipinski definition) is 6. The minimum absolute atomic E-state index is 0.118. The van der Waals surface area contributed by atoms with E-state index in [-0.39, 0.29) is 17.2 Å². The number of carbonyl (C=O) groups is 1. The molecule has 24 heavy (non-hydrogen) atoms. The zero-order valence-electron chi connectivity index (χ0n) is 13.0. The molecule has 2 aromatic heterocycles. The van der Waals surface area contributed by atoms with Gasteiger partial charge in [0, 0.05) is 17.5 Å². The third kappa shape index (κ3) is 3.15. The molecule has 3 rings (SSSR count). The highest BCUT2D eigenvalue weighted by Gasteiger charge is 2.16. The average molecular weight is 360 g/mol. The Hall–Kier alpha value is -2.32. The number of carbonyl (C=O) groups excluding carboxylic acids is 1. The Balaban J connectivity index is 2.00. The van der Waals surface area contributed by atoms with Crippen molar-refractivity contribution in [1.29, 1.82) is 0 Å². The van der Waals surface area contributed by atoms with Crippen LogP contribution < -0.4 is 16.7 Å². The normalized spacial score (nSPS) is 10.9. The van der Waals surface area contributed by atoms with Crippen LogP contribution in [0.25, 0.3) is 21.3 Å². The number of thiophene rings is 1. The van der Waals surface area contributed by atoms with Crippen molar-refractivity contribution in [1.82, 2.24) is 15.0 Å². The second-order valence-electron chi connectivity index (χ2n) is 5.01. The highest BCUT2D eigenvalue weighted by molar-refractivity contribution is 7.99. The maximum Gasteiger partial charge on any atom is 0.282 e. The number of thioether (sulfide) groups is 1. The highest BCUT2D eigenvalue weighted by Crippen LogP contribution is 2.31.